The number of rotatable bonds is 5. The summed E-state index contributed by atoms with van der Waals surface area (Å²) in [6.07, 6.45) is -2.12. The molecule has 0 spiro atoms. The number of aryl methyl sites for hydroxylation is 1. The van der Waals surface area contributed by atoms with E-state index in [1.807, 2.05) is 12.1 Å². The molecule has 0 radical (unpaired) electrons. The van der Waals surface area contributed by atoms with Crippen molar-refractivity contribution in [2.75, 3.05) is 18.4 Å². The average molecular weight is 256 g/mol. The zero-order valence-electron chi connectivity index (χ0n) is 10.1. The lowest BCUT2D eigenvalue weighted by Gasteiger charge is -2.21. The van der Waals surface area contributed by atoms with Gasteiger partial charge in [-0.05, 0) is 24.0 Å². The fourth-order valence-electron chi connectivity index (χ4n) is 2.17. The van der Waals surface area contributed by atoms with Crippen LogP contribution in [0.25, 0.3) is 0 Å². The van der Waals surface area contributed by atoms with Gasteiger partial charge in [0.2, 0.25) is 0 Å². The van der Waals surface area contributed by atoms with E-state index in [0.717, 1.165) is 30.6 Å². The molecule has 3 N–H and O–H groups in total. The number of hydrogen-bond acceptors (Lipinski definition) is 3. The van der Waals surface area contributed by atoms with Gasteiger partial charge in [-0.1, -0.05) is 18.2 Å². The standard InChI is InChI=1S/C13H18F2N2O/c14-13(15)11(18)8-16-7-10-4-1-3-9-5-2-6-17-12(9)10/h1,3-4,11,13,16-18H,2,5-8H2. The van der Waals surface area contributed by atoms with Crippen LogP contribution < -0.4 is 10.6 Å². The second kappa shape index (κ2) is 6.11. The first-order chi connectivity index (χ1) is 8.68. The molecular weight excluding hydrogens is 238 g/mol. The maximum Gasteiger partial charge on any atom is 0.265 e. The van der Waals surface area contributed by atoms with E-state index >= 15 is 0 Å². The zero-order valence-corrected chi connectivity index (χ0v) is 10.1. The quantitative estimate of drug-likeness (QED) is 0.752. The smallest absolute Gasteiger partial charge is 0.265 e. The third-order valence-corrected chi connectivity index (χ3v) is 3.12. The Labute approximate surface area is 105 Å². The number of aliphatic hydroxyl groups excluding tert-OH is 1. The first-order valence-corrected chi connectivity index (χ1v) is 6.20. The Morgan fingerprint density at radius 1 is 1.39 bits per heavy atom. The number of anilines is 1. The fraction of sp³-hybridized carbons (Fsp3) is 0.538. The van der Waals surface area contributed by atoms with Crippen LogP contribution in [0.1, 0.15) is 17.5 Å². The highest BCUT2D eigenvalue weighted by atomic mass is 19.3. The zero-order chi connectivity index (χ0) is 13.0. The second-order valence-corrected chi connectivity index (χ2v) is 4.51. The lowest BCUT2D eigenvalue weighted by molar-refractivity contribution is -0.00340. The number of aliphatic hydroxyl groups is 1. The van der Waals surface area contributed by atoms with E-state index in [-0.39, 0.29) is 6.54 Å². The van der Waals surface area contributed by atoms with E-state index < -0.39 is 12.5 Å². The van der Waals surface area contributed by atoms with Crippen molar-refractivity contribution in [1.29, 1.82) is 0 Å². The molecule has 5 heteroatoms. The lowest BCUT2D eigenvalue weighted by Crippen LogP contribution is -2.32. The van der Waals surface area contributed by atoms with Crippen molar-refractivity contribution < 1.29 is 13.9 Å². The molecular formula is C13H18F2N2O. The van der Waals surface area contributed by atoms with Crippen molar-refractivity contribution in [2.45, 2.75) is 31.9 Å². The van der Waals surface area contributed by atoms with Crippen LogP contribution >= 0.6 is 0 Å². The molecule has 0 fully saturated rings. The molecule has 1 atom stereocenters. The normalized spacial score (nSPS) is 16.2. The summed E-state index contributed by atoms with van der Waals surface area (Å²) in [4.78, 5) is 0. The van der Waals surface area contributed by atoms with E-state index in [1.54, 1.807) is 0 Å². The minimum atomic E-state index is -2.69. The average Bonchev–Trinajstić information content (AvgIpc) is 2.38. The van der Waals surface area contributed by atoms with E-state index in [0.29, 0.717) is 6.54 Å². The molecule has 0 saturated heterocycles. The van der Waals surface area contributed by atoms with Crippen LogP contribution in [0.3, 0.4) is 0 Å². The van der Waals surface area contributed by atoms with Gasteiger partial charge in [0.15, 0.2) is 0 Å². The molecule has 0 saturated carbocycles. The number of alkyl halides is 2. The molecule has 3 nitrogen and oxygen atoms in total. The third-order valence-electron chi connectivity index (χ3n) is 3.12. The predicted molar refractivity (Wildman–Crippen MR) is 67.0 cm³/mol. The monoisotopic (exact) mass is 256 g/mol. The van der Waals surface area contributed by atoms with Crippen molar-refractivity contribution in [1.82, 2.24) is 5.32 Å². The van der Waals surface area contributed by atoms with Gasteiger partial charge in [-0.15, -0.1) is 0 Å². The van der Waals surface area contributed by atoms with Gasteiger partial charge in [-0.25, -0.2) is 8.78 Å². The van der Waals surface area contributed by atoms with E-state index in [4.69, 9.17) is 5.11 Å². The molecule has 18 heavy (non-hydrogen) atoms. The van der Waals surface area contributed by atoms with Gasteiger partial charge in [0.1, 0.15) is 6.10 Å². The van der Waals surface area contributed by atoms with Crippen LogP contribution in [-0.2, 0) is 13.0 Å². The maximum absolute atomic E-state index is 12.1. The van der Waals surface area contributed by atoms with Crippen LogP contribution in [0.15, 0.2) is 18.2 Å². The van der Waals surface area contributed by atoms with Crippen molar-refractivity contribution in [3.63, 3.8) is 0 Å². The summed E-state index contributed by atoms with van der Waals surface area (Å²) < 4.78 is 24.3. The number of halogens is 2. The number of benzene rings is 1. The summed E-state index contributed by atoms with van der Waals surface area (Å²) in [5.74, 6) is 0. The number of para-hydroxylation sites is 1. The highest BCUT2D eigenvalue weighted by Crippen LogP contribution is 2.25. The Kier molecular flexibility index (Phi) is 4.49. The molecule has 1 aliphatic heterocycles. The lowest BCUT2D eigenvalue weighted by atomic mass is 9.99. The highest BCUT2D eigenvalue weighted by Gasteiger charge is 2.16. The van der Waals surface area contributed by atoms with Crippen LogP contribution in [-0.4, -0.2) is 30.7 Å². The first kappa shape index (κ1) is 13.2. The summed E-state index contributed by atoms with van der Waals surface area (Å²) in [5, 5.41) is 15.2. The van der Waals surface area contributed by atoms with Gasteiger partial charge in [-0.2, -0.15) is 0 Å². The van der Waals surface area contributed by atoms with Crippen LogP contribution in [0.2, 0.25) is 0 Å². The summed E-state index contributed by atoms with van der Waals surface area (Å²) in [6.45, 7) is 1.34. The minimum Gasteiger partial charge on any atom is -0.386 e. The van der Waals surface area contributed by atoms with Gasteiger partial charge in [-0.3, -0.25) is 0 Å². The molecule has 1 unspecified atom stereocenters. The van der Waals surface area contributed by atoms with Crippen LogP contribution in [0, 0.1) is 0 Å². The molecule has 0 aliphatic carbocycles. The van der Waals surface area contributed by atoms with Crippen LogP contribution in [0.4, 0.5) is 14.5 Å². The highest BCUT2D eigenvalue weighted by molar-refractivity contribution is 5.59. The van der Waals surface area contributed by atoms with Crippen molar-refractivity contribution in [3.05, 3.63) is 29.3 Å². The molecule has 1 aromatic carbocycles. The molecule has 0 bridgehead atoms. The Bertz CT molecular complexity index is 399. The van der Waals surface area contributed by atoms with E-state index in [1.165, 1.54) is 5.56 Å². The number of hydrogen-bond donors (Lipinski definition) is 3. The summed E-state index contributed by atoms with van der Waals surface area (Å²) in [6, 6.07) is 6.03. The number of nitrogens with one attached hydrogen (secondary N) is 2. The maximum atomic E-state index is 12.1. The van der Waals surface area contributed by atoms with Gasteiger partial charge < -0.3 is 15.7 Å². The Morgan fingerprint density at radius 2 is 2.22 bits per heavy atom. The van der Waals surface area contributed by atoms with Crippen molar-refractivity contribution >= 4 is 5.69 Å². The molecule has 1 aromatic rings. The molecule has 2 rings (SSSR count). The predicted octanol–water partition coefficient (Wildman–Crippen LogP) is 1.76. The van der Waals surface area contributed by atoms with Gasteiger partial charge in [0.05, 0.1) is 0 Å². The first-order valence-electron chi connectivity index (χ1n) is 6.20. The van der Waals surface area contributed by atoms with E-state index in [2.05, 4.69) is 16.7 Å². The Hall–Kier alpha value is -1.20. The molecule has 0 amide bonds. The largest absolute Gasteiger partial charge is 0.386 e. The van der Waals surface area contributed by atoms with Gasteiger partial charge in [0.25, 0.3) is 6.43 Å². The molecule has 1 heterocycles. The number of fused-ring (bicyclic) bond motifs is 1. The Balaban J connectivity index is 1.93. The molecule has 100 valence electrons. The molecule has 0 aromatic heterocycles. The Morgan fingerprint density at radius 3 is 3.00 bits per heavy atom. The van der Waals surface area contributed by atoms with Crippen molar-refractivity contribution in [2.24, 2.45) is 0 Å². The SMILES string of the molecule is OC(CNCc1cccc2c1NCCC2)C(F)F. The topological polar surface area (TPSA) is 44.3 Å². The summed E-state index contributed by atoms with van der Waals surface area (Å²) in [5.41, 5.74) is 3.45. The summed E-state index contributed by atoms with van der Waals surface area (Å²) >= 11 is 0. The molecule has 1 aliphatic rings. The van der Waals surface area contributed by atoms with E-state index in [9.17, 15) is 8.78 Å². The van der Waals surface area contributed by atoms with Crippen molar-refractivity contribution in [3.8, 4) is 0 Å². The third kappa shape index (κ3) is 3.17. The van der Waals surface area contributed by atoms with Crippen LogP contribution in [0.5, 0.6) is 0 Å². The van der Waals surface area contributed by atoms with Gasteiger partial charge in [0, 0.05) is 25.3 Å². The fourth-order valence-corrected chi connectivity index (χ4v) is 2.17. The second-order valence-electron chi connectivity index (χ2n) is 4.51. The summed E-state index contributed by atoms with van der Waals surface area (Å²) in [7, 11) is 0. The minimum absolute atomic E-state index is 0.0959. The van der Waals surface area contributed by atoms with Gasteiger partial charge >= 0.3 is 0 Å².